The Morgan fingerprint density at radius 1 is 1.35 bits per heavy atom. The Morgan fingerprint density at radius 2 is 2.04 bits per heavy atom. The van der Waals surface area contributed by atoms with Crippen LogP contribution in [0, 0.1) is 11.3 Å². The van der Waals surface area contributed by atoms with E-state index in [-0.39, 0.29) is 11.7 Å². The van der Waals surface area contributed by atoms with Crippen molar-refractivity contribution >= 4 is 46.5 Å². The molecule has 1 N–H and O–H groups in total. The molecule has 0 aliphatic carbocycles. The second-order valence-corrected chi connectivity index (χ2v) is 8.03. The molecule has 0 aliphatic rings. The van der Waals surface area contributed by atoms with Gasteiger partial charge in [0.15, 0.2) is 8.68 Å². The fourth-order valence-electron chi connectivity index (χ4n) is 1.49. The van der Waals surface area contributed by atoms with Gasteiger partial charge in [-0.25, -0.2) is 0 Å². The summed E-state index contributed by atoms with van der Waals surface area (Å²) < 4.78 is 1.63. The van der Waals surface area contributed by atoms with Crippen molar-refractivity contribution in [2.75, 3.05) is 16.8 Å². The van der Waals surface area contributed by atoms with Gasteiger partial charge in [-0.15, -0.1) is 10.2 Å². The van der Waals surface area contributed by atoms with Crippen LogP contribution in [0.3, 0.4) is 0 Å². The van der Waals surface area contributed by atoms with Crippen LogP contribution < -0.4 is 5.32 Å². The molecule has 0 saturated carbocycles. The Morgan fingerprint density at radius 3 is 2.70 bits per heavy atom. The average Bonchev–Trinajstić information content (AvgIpc) is 2.99. The number of hydrogen-bond donors (Lipinski definition) is 1. The van der Waals surface area contributed by atoms with Crippen molar-refractivity contribution in [3.8, 4) is 6.07 Å². The van der Waals surface area contributed by atoms with Crippen LogP contribution in [0.4, 0.5) is 5.69 Å². The minimum atomic E-state index is -0.142. The molecule has 118 valence electrons. The highest BCUT2D eigenvalue weighted by molar-refractivity contribution is 8.03. The van der Waals surface area contributed by atoms with E-state index in [1.165, 1.54) is 23.1 Å². The molecule has 0 spiro atoms. The molecular weight excluding hydrogens is 348 g/mol. The average molecular weight is 363 g/mol. The summed E-state index contributed by atoms with van der Waals surface area (Å²) in [6.07, 6.45) is 0. The zero-order valence-corrected chi connectivity index (χ0v) is 14.9. The Labute approximate surface area is 147 Å². The van der Waals surface area contributed by atoms with Crippen LogP contribution in [0.5, 0.6) is 0 Å². The number of thioether (sulfide) groups is 2. The lowest BCUT2D eigenvalue weighted by molar-refractivity contribution is -0.113. The summed E-state index contributed by atoms with van der Waals surface area (Å²) in [4.78, 5) is 11.9. The molecular formula is C15H14N4OS3. The van der Waals surface area contributed by atoms with Gasteiger partial charge in [-0.3, -0.25) is 4.79 Å². The van der Waals surface area contributed by atoms with Gasteiger partial charge >= 0.3 is 0 Å². The Bertz CT molecular complexity index is 751. The maximum absolute atomic E-state index is 11.9. The van der Waals surface area contributed by atoms with Crippen molar-refractivity contribution in [2.24, 2.45) is 0 Å². The second-order valence-electron chi connectivity index (χ2n) is 4.61. The molecule has 2 rings (SSSR count). The van der Waals surface area contributed by atoms with Crippen LogP contribution in [0.25, 0.3) is 0 Å². The highest BCUT2D eigenvalue weighted by Crippen LogP contribution is 2.29. The van der Waals surface area contributed by atoms with Crippen molar-refractivity contribution in [1.29, 1.82) is 5.26 Å². The van der Waals surface area contributed by atoms with Crippen molar-refractivity contribution in [3.63, 3.8) is 0 Å². The van der Waals surface area contributed by atoms with Crippen LogP contribution in [0.2, 0.25) is 0 Å². The summed E-state index contributed by atoms with van der Waals surface area (Å²) in [5.74, 6) is 0.919. The van der Waals surface area contributed by atoms with Crippen molar-refractivity contribution in [1.82, 2.24) is 10.2 Å². The Hall–Kier alpha value is -1.82. The number of nitriles is 1. The summed E-state index contributed by atoms with van der Waals surface area (Å²) in [6.45, 7) is 5.81. The van der Waals surface area contributed by atoms with Crippen molar-refractivity contribution < 1.29 is 4.79 Å². The number of aromatic nitrogens is 2. The van der Waals surface area contributed by atoms with Crippen LogP contribution in [0.1, 0.15) is 12.5 Å². The molecule has 0 radical (unpaired) electrons. The van der Waals surface area contributed by atoms with E-state index in [4.69, 9.17) is 5.26 Å². The lowest BCUT2D eigenvalue weighted by Crippen LogP contribution is -2.13. The maximum Gasteiger partial charge on any atom is 0.234 e. The number of anilines is 1. The van der Waals surface area contributed by atoms with Crippen molar-refractivity contribution in [3.05, 3.63) is 42.0 Å². The molecule has 1 aromatic heterocycles. The van der Waals surface area contributed by atoms with E-state index in [1.54, 1.807) is 36.0 Å². The summed E-state index contributed by atoms with van der Waals surface area (Å²) >= 11 is 4.40. The first-order valence-corrected chi connectivity index (χ1v) is 9.39. The number of benzene rings is 1. The molecule has 1 amide bonds. The van der Waals surface area contributed by atoms with E-state index >= 15 is 0 Å². The monoisotopic (exact) mass is 362 g/mol. The maximum atomic E-state index is 11.9. The van der Waals surface area contributed by atoms with E-state index in [0.717, 1.165) is 20.0 Å². The molecule has 0 fully saturated rings. The fraction of sp³-hybridized carbons (Fsp3) is 0.200. The smallest absolute Gasteiger partial charge is 0.234 e. The van der Waals surface area contributed by atoms with E-state index < -0.39 is 0 Å². The minimum Gasteiger partial charge on any atom is -0.325 e. The standard InChI is InChI=1S/C15H14N4OS3/c1-10(2)8-21-14-18-19-15(23-14)22-9-13(20)17-12-5-3-4-11(6-12)7-16/h3-6H,1,8-9H2,2H3,(H,17,20). The number of nitrogens with one attached hydrogen (secondary N) is 1. The molecule has 0 aliphatic heterocycles. The molecule has 0 bridgehead atoms. The number of amides is 1. The second kappa shape index (κ2) is 8.72. The van der Waals surface area contributed by atoms with Crippen LogP contribution >= 0.6 is 34.9 Å². The van der Waals surface area contributed by atoms with Gasteiger partial charge in [-0.1, -0.05) is 53.1 Å². The molecule has 0 saturated heterocycles. The number of nitrogens with zero attached hydrogens (tertiary/aromatic N) is 3. The topological polar surface area (TPSA) is 78.7 Å². The molecule has 1 aromatic carbocycles. The van der Waals surface area contributed by atoms with E-state index in [0.29, 0.717) is 11.3 Å². The Balaban J connectivity index is 1.82. The van der Waals surface area contributed by atoms with Gasteiger partial charge in [0.2, 0.25) is 5.91 Å². The van der Waals surface area contributed by atoms with Crippen LogP contribution in [-0.2, 0) is 4.79 Å². The molecule has 23 heavy (non-hydrogen) atoms. The molecule has 1 heterocycles. The summed E-state index contributed by atoms with van der Waals surface area (Å²) in [5.41, 5.74) is 2.21. The van der Waals surface area contributed by atoms with E-state index in [9.17, 15) is 4.79 Å². The number of hydrogen-bond acceptors (Lipinski definition) is 7. The minimum absolute atomic E-state index is 0.142. The predicted molar refractivity (Wildman–Crippen MR) is 96.0 cm³/mol. The summed E-state index contributed by atoms with van der Waals surface area (Å²) in [6, 6.07) is 8.85. The van der Waals surface area contributed by atoms with Gasteiger partial charge in [0.05, 0.1) is 17.4 Å². The summed E-state index contributed by atoms with van der Waals surface area (Å²) in [7, 11) is 0. The predicted octanol–water partition coefficient (Wildman–Crippen LogP) is 3.81. The Kier molecular flexibility index (Phi) is 6.65. The highest BCUT2D eigenvalue weighted by Gasteiger charge is 2.09. The van der Waals surface area contributed by atoms with Gasteiger partial charge in [0.25, 0.3) is 0 Å². The quantitative estimate of drug-likeness (QED) is 0.596. The molecule has 5 nitrogen and oxygen atoms in total. The van der Waals surface area contributed by atoms with Crippen LogP contribution in [-0.4, -0.2) is 27.6 Å². The number of rotatable bonds is 7. The zero-order valence-electron chi connectivity index (χ0n) is 12.4. The first-order chi connectivity index (χ1) is 11.1. The van der Waals surface area contributed by atoms with Crippen LogP contribution in [0.15, 0.2) is 45.1 Å². The number of carbonyl (C=O) groups is 1. The third-order valence-corrected chi connectivity index (χ3v) is 5.85. The van der Waals surface area contributed by atoms with E-state index in [2.05, 4.69) is 22.1 Å². The van der Waals surface area contributed by atoms with Crippen molar-refractivity contribution in [2.45, 2.75) is 15.6 Å². The molecule has 2 aromatic rings. The van der Waals surface area contributed by atoms with Gasteiger partial charge in [-0.2, -0.15) is 5.26 Å². The van der Waals surface area contributed by atoms with Gasteiger partial charge in [0.1, 0.15) is 0 Å². The van der Waals surface area contributed by atoms with Gasteiger partial charge < -0.3 is 5.32 Å². The normalized spacial score (nSPS) is 10.1. The van der Waals surface area contributed by atoms with Gasteiger partial charge in [0, 0.05) is 11.4 Å². The third kappa shape index (κ3) is 6.06. The lowest BCUT2D eigenvalue weighted by atomic mass is 10.2. The zero-order chi connectivity index (χ0) is 16.7. The van der Waals surface area contributed by atoms with Gasteiger partial charge in [-0.05, 0) is 25.1 Å². The van der Waals surface area contributed by atoms with E-state index in [1.807, 2.05) is 13.0 Å². The SMILES string of the molecule is C=C(C)CSc1nnc(SCC(=O)Nc2cccc(C#N)c2)s1. The molecule has 0 unspecified atom stereocenters. The lowest BCUT2D eigenvalue weighted by Gasteiger charge is -2.04. The highest BCUT2D eigenvalue weighted by atomic mass is 32.2. The number of carbonyl (C=O) groups excluding carboxylic acids is 1. The first-order valence-electron chi connectivity index (χ1n) is 6.60. The first kappa shape index (κ1) is 17.5. The largest absolute Gasteiger partial charge is 0.325 e. The molecule has 0 atom stereocenters. The summed E-state index contributed by atoms with van der Waals surface area (Å²) in [5, 5.41) is 19.7. The molecule has 8 heteroatoms. The third-order valence-electron chi connectivity index (χ3n) is 2.43. The fourth-order valence-corrected chi connectivity index (χ4v) is 4.15.